The van der Waals surface area contributed by atoms with Gasteiger partial charge >= 0.3 is 6.09 Å². The standard InChI is InChI=1S/C18H23FN2O4.2C17H22FNO2/c1-18(2,3)25-17(23)21-10-12(9-19)11-24-14-4-5-15-13(8-14)6-7-20-16(15)22;2*1-4-13(10-18)11-21-15-5-6-16-14(9-15)7-8-19(12(2)3)17(16)20/h4-5,8-9H,6-7,10-11H2,1-3H3,(H,20,22)(H,21,23);2*5-6,9-10,12H,4,7-8,11H2,1-3H3/b12-9+;2*13-10+. The summed E-state index contributed by atoms with van der Waals surface area (Å²) in [7, 11) is 0. The molecule has 3 aromatic carbocycles. The Labute approximate surface area is 393 Å². The summed E-state index contributed by atoms with van der Waals surface area (Å²) >= 11 is 0. The third-order valence-electron chi connectivity index (χ3n) is 11.1. The Hall–Kier alpha value is -6.25. The number of rotatable bonds is 15. The maximum absolute atomic E-state index is 13.0. The Morgan fingerprint density at radius 1 is 0.657 bits per heavy atom. The second kappa shape index (κ2) is 25.6. The Balaban J connectivity index is 0.000000221. The monoisotopic (exact) mass is 932 g/mol. The number of amides is 4. The van der Waals surface area contributed by atoms with E-state index in [1.165, 1.54) is 0 Å². The highest BCUT2D eigenvalue weighted by Crippen LogP contribution is 2.27. The van der Waals surface area contributed by atoms with E-state index in [0.717, 1.165) is 60.2 Å². The predicted octanol–water partition coefficient (Wildman–Crippen LogP) is 10.2. The fourth-order valence-electron chi connectivity index (χ4n) is 7.20. The highest BCUT2D eigenvalue weighted by atomic mass is 19.1. The minimum Gasteiger partial charge on any atom is -0.489 e. The molecule has 0 saturated heterocycles. The molecule has 0 atom stereocenters. The first kappa shape index (κ1) is 53.4. The van der Waals surface area contributed by atoms with Crippen LogP contribution < -0.4 is 24.8 Å². The van der Waals surface area contributed by atoms with E-state index in [0.29, 0.717) is 72.3 Å². The molecule has 12 nitrogen and oxygen atoms in total. The first-order chi connectivity index (χ1) is 31.9. The van der Waals surface area contributed by atoms with Crippen LogP contribution in [0, 0.1) is 0 Å². The molecule has 3 aliphatic heterocycles. The van der Waals surface area contributed by atoms with Crippen molar-refractivity contribution in [2.75, 3.05) is 46.0 Å². The van der Waals surface area contributed by atoms with Gasteiger partial charge in [-0.25, -0.2) is 18.0 Å². The molecule has 2 N–H and O–H groups in total. The molecule has 0 radical (unpaired) electrons. The fourth-order valence-corrected chi connectivity index (χ4v) is 7.20. The van der Waals surface area contributed by atoms with Gasteiger partial charge in [-0.3, -0.25) is 14.4 Å². The number of alkyl carbamates (subject to hydrolysis) is 1. The summed E-state index contributed by atoms with van der Waals surface area (Å²) < 4.78 is 59.8. The molecule has 0 aliphatic carbocycles. The second-order valence-corrected chi connectivity index (χ2v) is 17.9. The highest BCUT2D eigenvalue weighted by Gasteiger charge is 2.28. The number of ether oxygens (including phenoxy) is 4. The van der Waals surface area contributed by atoms with Crippen LogP contribution in [0.3, 0.4) is 0 Å². The number of carbonyl (C=O) groups is 4. The first-order valence-corrected chi connectivity index (χ1v) is 22.9. The minimum atomic E-state index is -0.619. The van der Waals surface area contributed by atoms with Crippen molar-refractivity contribution in [2.45, 2.75) is 112 Å². The molecule has 3 heterocycles. The summed E-state index contributed by atoms with van der Waals surface area (Å²) in [4.78, 5) is 51.7. The lowest BCUT2D eigenvalue weighted by atomic mass is 9.98. The third-order valence-corrected chi connectivity index (χ3v) is 11.1. The Morgan fingerprint density at radius 3 is 1.45 bits per heavy atom. The highest BCUT2D eigenvalue weighted by molar-refractivity contribution is 5.98. The van der Waals surface area contributed by atoms with Crippen LogP contribution in [0.1, 0.15) is 123 Å². The molecule has 0 unspecified atom stereocenters. The summed E-state index contributed by atoms with van der Waals surface area (Å²) in [6, 6.07) is 16.6. The normalized spacial score (nSPS) is 15.0. The molecule has 0 bridgehead atoms. The summed E-state index contributed by atoms with van der Waals surface area (Å²) in [6.07, 6.45) is 4.63. The van der Waals surface area contributed by atoms with Gasteiger partial charge in [0.2, 0.25) is 0 Å². The molecule has 67 heavy (non-hydrogen) atoms. The Kier molecular flexibility index (Phi) is 20.4. The Bertz CT molecular complexity index is 2180. The number of hydrogen-bond acceptors (Lipinski definition) is 8. The van der Waals surface area contributed by atoms with Gasteiger partial charge in [-0.1, -0.05) is 13.8 Å². The van der Waals surface area contributed by atoms with Crippen LogP contribution >= 0.6 is 0 Å². The smallest absolute Gasteiger partial charge is 0.407 e. The molecular weight excluding hydrogens is 866 g/mol. The van der Waals surface area contributed by atoms with Gasteiger partial charge < -0.3 is 39.4 Å². The SMILES string of the molecule is CC(C)(C)OC(=O)NC/C(=C\F)COc1ccc2c(c1)CCNC2=O.CC/C(=C\F)COc1ccc2c(c1)CCN(C(C)C)C2=O.CC/C(=C\F)COc1ccc2c(c1)CCN(C(C)C)C2=O. The van der Waals surface area contributed by atoms with Gasteiger partial charge in [0.1, 0.15) is 42.7 Å². The number of fused-ring (bicyclic) bond motifs is 3. The lowest BCUT2D eigenvalue weighted by molar-refractivity contribution is 0.0530. The van der Waals surface area contributed by atoms with E-state index < -0.39 is 11.7 Å². The molecule has 0 saturated carbocycles. The van der Waals surface area contributed by atoms with Crippen molar-refractivity contribution in [3.8, 4) is 17.2 Å². The molecule has 6 rings (SSSR count). The summed E-state index contributed by atoms with van der Waals surface area (Å²) in [6.45, 7) is 19.6. The van der Waals surface area contributed by atoms with Gasteiger partial charge in [-0.15, -0.1) is 0 Å². The number of nitrogens with one attached hydrogen (secondary N) is 2. The van der Waals surface area contributed by atoms with Gasteiger partial charge in [0.15, 0.2) is 0 Å². The van der Waals surface area contributed by atoms with E-state index in [1.807, 2.05) is 75.6 Å². The van der Waals surface area contributed by atoms with Gasteiger partial charge in [-0.05, 0) is 163 Å². The molecule has 364 valence electrons. The van der Waals surface area contributed by atoms with Gasteiger partial charge in [-0.2, -0.15) is 0 Å². The van der Waals surface area contributed by atoms with E-state index in [2.05, 4.69) is 10.6 Å². The maximum Gasteiger partial charge on any atom is 0.407 e. The van der Waals surface area contributed by atoms with Crippen molar-refractivity contribution >= 4 is 23.8 Å². The van der Waals surface area contributed by atoms with E-state index in [9.17, 15) is 32.3 Å². The lowest BCUT2D eigenvalue weighted by Crippen LogP contribution is -2.42. The second-order valence-electron chi connectivity index (χ2n) is 17.9. The van der Waals surface area contributed by atoms with Crippen molar-refractivity contribution in [3.63, 3.8) is 0 Å². The van der Waals surface area contributed by atoms with Crippen LogP contribution in [-0.4, -0.2) is 97.3 Å². The van der Waals surface area contributed by atoms with Crippen LogP contribution in [0.4, 0.5) is 18.0 Å². The van der Waals surface area contributed by atoms with Gasteiger partial charge in [0.25, 0.3) is 17.7 Å². The zero-order valence-electron chi connectivity index (χ0n) is 40.4. The topological polar surface area (TPSA) is 136 Å². The van der Waals surface area contributed by atoms with Crippen LogP contribution in [0.2, 0.25) is 0 Å². The predicted molar refractivity (Wildman–Crippen MR) is 254 cm³/mol. The van der Waals surface area contributed by atoms with Crippen molar-refractivity contribution in [1.82, 2.24) is 20.4 Å². The minimum absolute atomic E-state index is 0.0151. The lowest BCUT2D eigenvalue weighted by Gasteiger charge is -2.32. The zero-order chi connectivity index (χ0) is 49.3. The van der Waals surface area contributed by atoms with Crippen LogP contribution in [0.5, 0.6) is 17.2 Å². The van der Waals surface area contributed by atoms with Gasteiger partial charge in [0, 0.05) is 60.5 Å². The number of halogens is 3. The number of nitrogens with zero attached hydrogens (tertiary/aromatic N) is 2. The largest absolute Gasteiger partial charge is 0.489 e. The maximum atomic E-state index is 13.0. The first-order valence-electron chi connectivity index (χ1n) is 22.9. The molecule has 15 heteroatoms. The molecule has 0 aromatic heterocycles. The van der Waals surface area contributed by atoms with Crippen LogP contribution in [-0.2, 0) is 24.0 Å². The van der Waals surface area contributed by atoms with E-state index in [1.54, 1.807) is 51.1 Å². The van der Waals surface area contributed by atoms with E-state index in [4.69, 9.17) is 18.9 Å². The quantitative estimate of drug-likeness (QED) is 0.154. The van der Waals surface area contributed by atoms with Crippen molar-refractivity contribution in [1.29, 1.82) is 0 Å². The number of hydrogen-bond donors (Lipinski definition) is 2. The molecular formula is C52H67F3N4O8. The number of benzene rings is 3. The molecule has 4 amide bonds. The van der Waals surface area contributed by atoms with E-state index >= 15 is 0 Å². The summed E-state index contributed by atoms with van der Waals surface area (Å²) in [5.41, 5.74) is 5.94. The summed E-state index contributed by atoms with van der Waals surface area (Å²) in [5.74, 6) is 1.98. The fraction of sp³-hybridized carbons (Fsp3) is 0.462. The number of carbonyl (C=O) groups excluding carboxylic acids is 4. The molecule has 0 spiro atoms. The molecule has 0 fully saturated rings. The van der Waals surface area contributed by atoms with Crippen molar-refractivity contribution in [3.05, 3.63) is 124 Å². The average Bonchev–Trinajstić information content (AvgIpc) is 3.29. The molecule has 3 aromatic rings. The zero-order valence-corrected chi connectivity index (χ0v) is 40.4. The van der Waals surface area contributed by atoms with Crippen molar-refractivity contribution in [2.24, 2.45) is 0 Å². The third kappa shape index (κ3) is 16.0. The van der Waals surface area contributed by atoms with E-state index in [-0.39, 0.29) is 61.7 Å². The van der Waals surface area contributed by atoms with Crippen LogP contribution in [0.25, 0.3) is 0 Å². The average molecular weight is 933 g/mol. The summed E-state index contributed by atoms with van der Waals surface area (Å²) in [5, 5.41) is 5.25. The van der Waals surface area contributed by atoms with Crippen molar-refractivity contribution < 1.29 is 51.3 Å². The van der Waals surface area contributed by atoms with Gasteiger partial charge in [0.05, 0.1) is 19.0 Å². The van der Waals surface area contributed by atoms with Crippen LogP contribution in [0.15, 0.2) is 90.3 Å². The molecule has 3 aliphatic rings. The Morgan fingerprint density at radius 2 is 1.06 bits per heavy atom.